The highest BCUT2D eigenvalue weighted by molar-refractivity contribution is 5.88. The molecule has 0 saturated heterocycles. The Morgan fingerprint density at radius 3 is 2.71 bits per heavy atom. The lowest BCUT2D eigenvalue weighted by atomic mass is 9.85. The number of aryl methyl sites for hydroxylation is 1. The molecule has 4 rings (SSSR count). The average Bonchev–Trinajstić information content (AvgIpc) is 3.09. The summed E-state index contributed by atoms with van der Waals surface area (Å²) in [5.74, 6) is 1.15. The summed E-state index contributed by atoms with van der Waals surface area (Å²) in [6.45, 7) is 4.87. The molecule has 4 heteroatoms. The molecule has 1 aromatic heterocycles. The van der Waals surface area contributed by atoms with E-state index in [1.54, 1.807) is 7.11 Å². The van der Waals surface area contributed by atoms with Crippen molar-refractivity contribution in [1.82, 2.24) is 9.88 Å². The Bertz CT molecular complexity index is 975. The van der Waals surface area contributed by atoms with Gasteiger partial charge in [0.2, 0.25) is 5.91 Å². The number of hydrogen-bond acceptors (Lipinski definition) is 2. The first-order valence-electron chi connectivity index (χ1n) is 10.1. The van der Waals surface area contributed by atoms with E-state index in [2.05, 4.69) is 43.1 Å². The van der Waals surface area contributed by atoms with Crippen LogP contribution >= 0.6 is 0 Å². The molecule has 146 valence electrons. The zero-order valence-corrected chi connectivity index (χ0v) is 16.9. The fourth-order valence-electron chi connectivity index (χ4n) is 4.26. The van der Waals surface area contributed by atoms with Crippen LogP contribution in [0, 0.1) is 5.92 Å². The number of amides is 1. The van der Waals surface area contributed by atoms with Crippen molar-refractivity contribution in [2.45, 2.75) is 45.7 Å². The van der Waals surface area contributed by atoms with Crippen LogP contribution in [0.1, 0.15) is 37.1 Å². The zero-order chi connectivity index (χ0) is 19.7. The monoisotopic (exact) mass is 376 g/mol. The summed E-state index contributed by atoms with van der Waals surface area (Å²) < 4.78 is 5.40. The average molecular weight is 377 g/mol. The molecule has 1 atom stereocenters. The number of ether oxygens (including phenoxy) is 1. The largest absolute Gasteiger partial charge is 0.497 e. The van der Waals surface area contributed by atoms with Gasteiger partial charge in [0.05, 0.1) is 7.11 Å². The van der Waals surface area contributed by atoms with Crippen LogP contribution < -0.4 is 4.74 Å². The second kappa shape index (κ2) is 7.70. The Hall–Kier alpha value is -2.75. The topological polar surface area (TPSA) is 45.3 Å². The Kier molecular flexibility index (Phi) is 5.12. The molecule has 0 bridgehead atoms. The van der Waals surface area contributed by atoms with Crippen LogP contribution in [0.2, 0.25) is 0 Å². The molecule has 3 aromatic rings. The number of carbonyl (C=O) groups is 1. The van der Waals surface area contributed by atoms with Crippen LogP contribution in [-0.4, -0.2) is 28.9 Å². The number of carbonyl (C=O) groups excluding carboxylic acids is 1. The molecular weight excluding hydrogens is 348 g/mol. The number of aromatic nitrogens is 1. The van der Waals surface area contributed by atoms with Crippen molar-refractivity contribution in [3.63, 3.8) is 0 Å². The van der Waals surface area contributed by atoms with Gasteiger partial charge in [0.25, 0.3) is 0 Å². The predicted octanol–water partition coefficient (Wildman–Crippen LogP) is 4.72. The quantitative estimate of drug-likeness (QED) is 0.700. The molecule has 1 heterocycles. The highest BCUT2D eigenvalue weighted by atomic mass is 16.5. The number of H-pyrrole nitrogens is 1. The third-order valence-electron chi connectivity index (χ3n) is 5.85. The maximum atomic E-state index is 13.4. The normalized spacial score (nSPS) is 16.2. The molecule has 1 unspecified atom stereocenters. The standard InChI is InChI=1S/C24H28N2O2/c1-16(2)26(15-17-7-5-4-6-8-17)24(27)18-9-11-22-20(13-18)21-14-19(28-3)10-12-23(21)25-22/h4-8,10,12,14,16,18,25H,9,11,13,15H2,1-3H3. The molecular formula is C24H28N2O2. The van der Waals surface area contributed by atoms with Crippen LogP contribution in [0.4, 0.5) is 0 Å². The third kappa shape index (κ3) is 3.51. The van der Waals surface area contributed by atoms with Gasteiger partial charge in [-0.05, 0) is 62.4 Å². The van der Waals surface area contributed by atoms with E-state index in [1.807, 2.05) is 29.2 Å². The SMILES string of the molecule is COc1ccc2[nH]c3c(c2c1)CC(C(=O)N(Cc1ccccc1)C(C)C)CC3. The maximum Gasteiger partial charge on any atom is 0.226 e. The molecule has 0 radical (unpaired) electrons. The molecule has 1 N–H and O–H groups in total. The lowest BCUT2D eigenvalue weighted by Crippen LogP contribution is -2.42. The number of benzene rings is 2. The van der Waals surface area contributed by atoms with Gasteiger partial charge in [-0.25, -0.2) is 0 Å². The van der Waals surface area contributed by atoms with Gasteiger partial charge in [-0.15, -0.1) is 0 Å². The van der Waals surface area contributed by atoms with E-state index >= 15 is 0 Å². The van der Waals surface area contributed by atoms with Crippen molar-refractivity contribution in [3.8, 4) is 5.75 Å². The Balaban J connectivity index is 1.59. The van der Waals surface area contributed by atoms with Crippen molar-refractivity contribution in [2.75, 3.05) is 7.11 Å². The van der Waals surface area contributed by atoms with E-state index in [-0.39, 0.29) is 17.9 Å². The third-order valence-corrected chi connectivity index (χ3v) is 5.85. The first kappa shape index (κ1) is 18.6. The maximum absolute atomic E-state index is 13.4. The smallest absolute Gasteiger partial charge is 0.226 e. The molecule has 2 aromatic carbocycles. The number of fused-ring (bicyclic) bond motifs is 3. The van der Waals surface area contributed by atoms with Crippen molar-refractivity contribution >= 4 is 16.8 Å². The number of hydrogen-bond donors (Lipinski definition) is 1. The molecule has 1 aliphatic carbocycles. The number of methoxy groups -OCH3 is 1. The molecule has 0 spiro atoms. The number of nitrogens with zero attached hydrogens (tertiary/aromatic N) is 1. The van der Waals surface area contributed by atoms with Crippen molar-refractivity contribution < 1.29 is 9.53 Å². The minimum Gasteiger partial charge on any atom is -0.497 e. The highest BCUT2D eigenvalue weighted by Gasteiger charge is 2.31. The molecule has 0 aliphatic heterocycles. The van der Waals surface area contributed by atoms with Gasteiger partial charge >= 0.3 is 0 Å². The van der Waals surface area contributed by atoms with Crippen LogP contribution in [0.3, 0.4) is 0 Å². The summed E-state index contributed by atoms with van der Waals surface area (Å²) >= 11 is 0. The fraction of sp³-hybridized carbons (Fsp3) is 0.375. The second-order valence-corrected chi connectivity index (χ2v) is 7.98. The van der Waals surface area contributed by atoms with E-state index in [1.165, 1.54) is 22.2 Å². The Morgan fingerprint density at radius 2 is 2.00 bits per heavy atom. The van der Waals surface area contributed by atoms with Gasteiger partial charge < -0.3 is 14.6 Å². The lowest BCUT2D eigenvalue weighted by Gasteiger charge is -2.32. The first-order valence-corrected chi connectivity index (χ1v) is 10.1. The van der Waals surface area contributed by atoms with E-state index in [0.717, 1.165) is 30.5 Å². The molecule has 0 saturated carbocycles. The second-order valence-electron chi connectivity index (χ2n) is 7.98. The van der Waals surface area contributed by atoms with Crippen LogP contribution in [0.15, 0.2) is 48.5 Å². The van der Waals surface area contributed by atoms with Crippen LogP contribution in [-0.2, 0) is 24.2 Å². The zero-order valence-electron chi connectivity index (χ0n) is 16.9. The summed E-state index contributed by atoms with van der Waals surface area (Å²) in [6.07, 6.45) is 2.60. The Labute approximate surface area is 166 Å². The molecule has 28 heavy (non-hydrogen) atoms. The van der Waals surface area contributed by atoms with Crippen molar-refractivity contribution in [3.05, 3.63) is 65.4 Å². The van der Waals surface area contributed by atoms with Crippen LogP contribution in [0.5, 0.6) is 5.75 Å². The predicted molar refractivity (Wildman–Crippen MR) is 112 cm³/mol. The summed E-state index contributed by atoms with van der Waals surface area (Å²) in [4.78, 5) is 19.0. The van der Waals surface area contributed by atoms with Crippen molar-refractivity contribution in [1.29, 1.82) is 0 Å². The first-order chi connectivity index (χ1) is 13.6. The summed E-state index contributed by atoms with van der Waals surface area (Å²) in [5, 5.41) is 1.19. The fourth-order valence-corrected chi connectivity index (χ4v) is 4.26. The lowest BCUT2D eigenvalue weighted by molar-refractivity contribution is -0.138. The molecule has 0 fully saturated rings. The molecule has 4 nitrogen and oxygen atoms in total. The summed E-state index contributed by atoms with van der Waals surface area (Å²) in [7, 11) is 1.69. The van der Waals surface area contributed by atoms with Crippen LogP contribution in [0.25, 0.3) is 10.9 Å². The molecule has 1 aliphatic rings. The minimum absolute atomic E-state index is 0.0313. The molecule has 1 amide bonds. The van der Waals surface area contributed by atoms with Crippen molar-refractivity contribution in [2.24, 2.45) is 5.92 Å². The van der Waals surface area contributed by atoms with Gasteiger partial charge in [0, 0.05) is 35.1 Å². The number of rotatable bonds is 5. The van der Waals surface area contributed by atoms with Gasteiger partial charge in [-0.3, -0.25) is 4.79 Å². The van der Waals surface area contributed by atoms with Gasteiger partial charge in [0.1, 0.15) is 5.75 Å². The number of nitrogens with one attached hydrogen (secondary N) is 1. The Morgan fingerprint density at radius 1 is 1.21 bits per heavy atom. The van der Waals surface area contributed by atoms with E-state index in [0.29, 0.717) is 6.54 Å². The van der Waals surface area contributed by atoms with E-state index in [4.69, 9.17) is 4.74 Å². The summed E-state index contributed by atoms with van der Waals surface area (Å²) in [5.41, 5.74) is 4.86. The summed E-state index contributed by atoms with van der Waals surface area (Å²) in [6, 6.07) is 16.6. The van der Waals surface area contributed by atoms with Gasteiger partial charge in [0.15, 0.2) is 0 Å². The minimum atomic E-state index is 0.0313. The van der Waals surface area contributed by atoms with Gasteiger partial charge in [-0.1, -0.05) is 30.3 Å². The highest BCUT2D eigenvalue weighted by Crippen LogP contribution is 2.34. The van der Waals surface area contributed by atoms with Gasteiger partial charge in [-0.2, -0.15) is 0 Å². The van der Waals surface area contributed by atoms with E-state index < -0.39 is 0 Å². The van der Waals surface area contributed by atoms with E-state index in [9.17, 15) is 4.79 Å². The number of aromatic amines is 1.